The van der Waals surface area contributed by atoms with Gasteiger partial charge in [0.25, 0.3) is 0 Å². The molecule has 5 nitrogen and oxygen atoms in total. The van der Waals surface area contributed by atoms with Crippen LogP contribution in [0.3, 0.4) is 0 Å². The molecule has 0 bridgehead atoms. The van der Waals surface area contributed by atoms with Crippen LogP contribution in [0, 0.1) is 12.7 Å². The Morgan fingerprint density at radius 3 is 2.77 bits per heavy atom. The van der Waals surface area contributed by atoms with Crippen LogP contribution >= 0.6 is 11.6 Å². The van der Waals surface area contributed by atoms with Crippen molar-refractivity contribution in [2.24, 2.45) is 0 Å². The number of ether oxygens (including phenoxy) is 1. The van der Waals surface area contributed by atoms with Crippen LogP contribution in [0.5, 0.6) is 5.75 Å². The number of nitrogens with zero attached hydrogens (tertiary/aromatic N) is 2. The van der Waals surface area contributed by atoms with Crippen molar-refractivity contribution < 1.29 is 9.13 Å². The van der Waals surface area contributed by atoms with Crippen molar-refractivity contribution in [2.45, 2.75) is 13.5 Å². The first-order chi connectivity index (χ1) is 12.6. The van der Waals surface area contributed by atoms with Gasteiger partial charge in [0.05, 0.1) is 12.8 Å². The van der Waals surface area contributed by atoms with E-state index in [1.54, 1.807) is 43.6 Å². The first-order valence-corrected chi connectivity index (χ1v) is 8.36. The Kier molecular flexibility index (Phi) is 5.53. The van der Waals surface area contributed by atoms with Crippen molar-refractivity contribution in [2.75, 3.05) is 17.7 Å². The summed E-state index contributed by atoms with van der Waals surface area (Å²) in [4.78, 5) is 8.61. The molecule has 1 aromatic heterocycles. The summed E-state index contributed by atoms with van der Waals surface area (Å²) in [5, 5.41) is 6.83. The molecule has 0 amide bonds. The first kappa shape index (κ1) is 17.9. The summed E-state index contributed by atoms with van der Waals surface area (Å²) in [7, 11) is 1.57. The lowest BCUT2D eigenvalue weighted by Gasteiger charge is -2.13. The summed E-state index contributed by atoms with van der Waals surface area (Å²) in [6.07, 6.45) is 1.62. The number of benzene rings is 2. The lowest BCUT2D eigenvalue weighted by Crippen LogP contribution is -2.06. The van der Waals surface area contributed by atoms with Crippen LogP contribution in [0.1, 0.15) is 11.1 Å². The predicted octanol–water partition coefficient (Wildman–Crippen LogP) is 4.94. The van der Waals surface area contributed by atoms with Gasteiger partial charge < -0.3 is 15.4 Å². The maximum atomic E-state index is 13.7. The number of aromatic nitrogens is 2. The Morgan fingerprint density at radius 1 is 1.19 bits per heavy atom. The molecule has 7 heteroatoms. The van der Waals surface area contributed by atoms with Gasteiger partial charge in [0.1, 0.15) is 17.4 Å². The Hall–Kier alpha value is -2.86. The molecule has 0 spiro atoms. The molecule has 0 aliphatic rings. The van der Waals surface area contributed by atoms with Gasteiger partial charge in [0.2, 0.25) is 5.95 Å². The molecule has 0 aliphatic carbocycles. The van der Waals surface area contributed by atoms with Crippen LogP contribution in [0.4, 0.5) is 21.8 Å². The molecule has 0 radical (unpaired) electrons. The highest BCUT2D eigenvalue weighted by Gasteiger charge is 2.09. The molecule has 1 heterocycles. The SMILES string of the molecule is COc1cc(Cl)c(C)cc1Nc1nccc(NCc2ccccc2F)n1. The molecule has 0 saturated heterocycles. The summed E-state index contributed by atoms with van der Waals surface area (Å²) in [5.74, 6) is 1.31. The number of anilines is 3. The van der Waals surface area contributed by atoms with Gasteiger partial charge in [0.15, 0.2) is 0 Å². The van der Waals surface area contributed by atoms with Gasteiger partial charge in [0, 0.05) is 29.4 Å². The predicted molar refractivity (Wildman–Crippen MR) is 102 cm³/mol. The number of nitrogens with one attached hydrogen (secondary N) is 2. The molecule has 0 atom stereocenters. The third kappa shape index (κ3) is 4.21. The van der Waals surface area contributed by atoms with Gasteiger partial charge in [-0.25, -0.2) is 9.37 Å². The molecule has 0 unspecified atom stereocenters. The molecule has 0 aliphatic heterocycles. The second kappa shape index (κ2) is 8.01. The molecule has 2 aromatic carbocycles. The standard InChI is InChI=1S/C19H18ClFN4O/c1-12-9-16(17(26-2)10-14(12)20)24-19-22-8-7-18(25-19)23-11-13-5-3-4-6-15(13)21/h3-10H,11H2,1-2H3,(H2,22,23,24,25). The van der Waals surface area contributed by atoms with E-state index >= 15 is 0 Å². The van der Waals surface area contributed by atoms with E-state index in [0.29, 0.717) is 40.3 Å². The van der Waals surface area contributed by atoms with Crippen molar-refractivity contribution in [3.05, 3.63) is 70.6 Å². The van der Waals surface area contributed by atoms with Crippen LogP contribution in [0.25, 0.3) is 0 Å². The van der Waals surface area contributed by atoms with E-state index < -0.39 is 0 Å². The van der Waals surface area contributed by atoms with E-state index in [9.17, 15) is 4.39 Å². The van der Waals surface area contributed by atoms with Gasteiger partial charge in [-0.3, -0.25) is 0 Å². The van der Waals surface area contributed by atoms with Crippen molar-refractivity contribution in [3.63, 3.8) is 0 Å². The zero-order chi connectivity index (χ0) is 18.5. The fourth-order valence-electron chi connectivity index (χ4n) is 2.40. The number of rotatable bonds is 6. The topological polar surface area (TPSA) is 59.1 Å². The second-order valence-corrected chi connectivity index (χ2v) is 6.04. The largest absolute Gasteiger partial charge is 0.495 e. The number of methoxy groups -OCH3 is 1. The number of aryl methyl sites for hydroxylation is 1. The molecule has 26 heavy (non-hydrogen) atoms. The fraction of sp³-hybridized carbons (Fsp3) is 0.158. The smallest absolute Gasteiger partial charge is 0.229 e. The summed E-state index contributed by atoms with van der Waals surface area (Å²) in [5.41, 5.74) is 2.18. The Morgan fingerprint density at radius 2 is 2.00 bits per heavy atom. The van der Waals surface area contributed by atoms with E-state index in [1.807, 2.05) is 13.0 Å². The number of hydrogen-bond acceptors (Lipinski definition) is 5. The van der Waals surface area contributed by atoms with Crippen LogP contribution in [-0.4, -0.2) is 17.1 Å². The first-order valence-electron chi connectivity index (χ1n) is 7.98. The average Bonchev–Trinajstić information content (AvgIpc) is 2.64. The van der Waals surface area contributed by atoms with E-state index in [1.165, 1.54) is 6.07 Å². The summed E-state index contributed by atoms with van der Waals surface area (Å²) in [6, 6.07) is 11.9. The minimum atomic E-state index is -0.256. The minimum absolute atomic E-state index is 0.256. The van der Waals surface area contributed by atoms with Gasteiger partial charge in [-0.1, -0.05) is 29.8 Å². The summed E-state index contributed by atoms with van der Waals surface area (Å²) in [6.45, 7) is 2.23. The molecule has 134 valence electrons. The van der Waals surface area contributed by atoms with Crippen LogP contribution < -0.4 is 15.4 Å². The van der Waals surface area contributed by atoms with Gasteiger partial charge in [-0.15, -0.1) is 0 Å². The second-order valence-electron chi connectivity index (χ2n) is 5.64. The number of halogens is 2. The molecule has 3 rings (SSSR count). The molecule has 3 aromatic rings. The van der Waals surface area contributed by atoms with E-state index in [2.05, 4.69) is 20.6 Å². The monoisotopic (exact) mass is 372 g/mol. The summed E-state index contributed by atoms with van der Waals surface area (Å²) < 4.78 is 19.0. The van der Waals surface area contributed by atoms with Gasteiger partial charge in [-0.05, 0) is 30.7 Å². The third-order valence-electron chi connectivity index (χ3n) is 3.80. The van der Waals surface area contributed by atoms with Crippen LogP contribution in [-0.2, 0) is 6.54 Å². The molecular formula is C19H18ClFN4O. The molecule has 0 saturated carbocycles. The quantitative estimate of drug-likeness (QED) is 0.641. The Bertz CT molecular complexity index is 920. The highest BCUT2D eigenvalue weighted by Crippen LogP contribution is 2.32. The van der Waals surface area contributed by atoms with Crippen molar-refractivity contribution >= 4 is 29.1 Å². The van der Waals surface area contributed by atoms with E-state index in [4.69, 9.17) is 16.3 Å². The molecular weight excluding hydrogens is 355 g/mol. The fourth-order valence-corrected chi connectivity index (χ4v) is 2.55. The maximum Gasteiger partial charge on any atom is 0.229 e. The maximum absolute atomic E-state index is 13.7. The van der Waals surface area contributed by atoms with Crippen LogP contribution in [0.2, 0.25) is 5.02 Å². The zero-order valence-corrected chi connectivity index (χ0v) is 15.1. The van der Waals surface area contributed by atoms with Crippen LogP contribution in [0.15, 0.2) is 48.7 Å². The molecule has 2 N–H and O–H groups in total. The normalized spacial score (nSPS) is 10.5. The van der Waals surface area contributed by atoms with Crippen molar-refractivity contribution in [1.82, 2.24) is 9.97 Å². The minimum Gasteiger partial charge on any atom is -0.495 e. The van der Waals surface area contributed by atoms with Crippen molar-refractivity contribution in [1.29, 1.82) is 0 Å². The third-order valence-corrected chi connectivity index (χ3v) is 4.21. The van der Waals surface area contributed by atoms with Gasteiger partial charge in [-0.2, -0.15) is 4.98 Å². The summed E-state index contributed by atoms with van der Waals surface area (Å²) >= 11 is 6.13. The van der Waals surface area contributed by atoms with Crippen molar-refractivity contribution in [3.8, 4) is 5.75 Å². The highest BCUT2D eigenvalue weighted by molar-refractivity contribution is 6.31. The molecule has 0 fully saturated rings. The lowest BCUT2D eigenvalue weighted by molar-refractivity contribution is 0.416. The zero-order valence-electron chi connectivity index (χ0n) is 14.4. The van der Waals surface area contributed by atoms with E-state index in [0.717, 1.165) is 5.56 Å². The van der Waals surface area contributed by atoms with E-state index in [-0.39, 0.29) is 5.82 Å². The number of hydrogen-bond donors (Lipinski definition) is 2. The Labute approximate surface area is 156 Å². The lowest BCUT2D eigenvalue weighted by atomic mass is 10.2. The van der Waals surface area contributed by atoms with Gasteiger partial charge >= 0.3 is 0 Å². The highest BCUT2D eigenvalue weighted by atomic mass is 35.5. The Balaban J connectivity index is 1.76. The average molecular weight is 373 g/mol.